The summed E-state index contributed by atoms with van der Waals surface area (Å²) in [6, 6.07) is 5.22. The van der Waals surface area contributed by atoms with E-state index in [1.54, 1.807) is 19.1 Å². The Hall–Kier alpha value is -1.46. The number of hydrogen-bond donors (Lipinski definition) is 1. The molecule has 1 aromatic carbocycles. The van der Waals surface area contributed by atoms with Gasteiger partial charge in [0.15, 0.2) is 0 Å². The smallest absolute Gasteiger partial charge is 0.272 e. The maximum atomic E-state index is 10.9. The van der Waals surface area contributed by atoms with Gasteiger partial charge in [-0.3, -0.25) is 10.1 Å². The number of nitrogens with one attached hydrogen (secondary N) is 1. The Morgan fingerprint density at radius 2 is 2.32 bits per heavy atom. The SMILES string of the molecule is Cc1c(CNCC2CCOC2C)cccc1[N+](=O)[O-]. The first-order chi connectivity index (χ1) is 9.09. The summed E-state index contributed by atoms with van der Waals surface area (Å²) in [5.74, 6) is 0.541. The lowest BCUT2D eigenvalue weighted by Crippen LogP contribution is -2.26. The zero-order chi connectivity index (χ0) is 13.8. The van der Waals surface area contributed by atoms with E-state index in [4.69, 9.17) is 4.74 Å². The van der Waals surface area contributed by atoms with Crippen molar-refractivity contribution in [3.05, 3.63) is 39.4 Å². The van der Waals surface area contributed by atoms with Crippen LogP contribution in [-0.4, -0.2) is 24.2 Å². The monoisotopic (exact) mass is 264 g/mol. The molecule has 2 unspecified atom stereocenters. The largest absolute Gasteiger partial charge is 0.378 e. The Kier molecular flexibility index (Phi) is 4.50. The molecule has 1 saturated heterocycles. The summed E-state index contributed by atoms with van der Waals surface area (Å²) >= 11 is 0. The molecule has 1 fully saturated rings. The molecule has 0 spiro atoms. The van der Waals surface area contributed by atoms with Crippen LogP contribution >= 0.6 is 0 Å². The minimum atomic E-state index is -0.328. The van der Waals surface area contributed by atoms with Gasteiger partial charge in [-0.25, -0.2) is 0 Å². The quantitative estimate of drug-likeness (QED) is 0.655. The summed E-state index contributed by atoms with van der Waals surface area (Å²) in [6.07, 6.45) is 1.39. The van der Waals surface area contributed by atoms with Crippen LogP contribution in [0.1, 0.15) is 24.5 Å². The molecule has 0 aromatic heterocycles. The number of hydrogen-bond acceptors (Lipinski definition) is 4. The molecule has 2 rings (SSSR count). The van der Waals surface area contributed by atoms with Gasteiger partial charge < -0.3 is 10.1 Å². The molecule has 104 valence electrons. The molecule has 0 amide bonds. The predicted octanol–water partition coefficient (Wildman–Crippen LogP) is 2.42. The predicted molar refractivity (Wildman–Crippen MR) is 73.1 cm³/mol. The molecule has 0 radical (unpaired) electrons. The molecular weight excluding hydrogens is 244 g/mol. The van der Waals surface area contributed by atoms with Crippen molar-refractivity contribution in [1.82, 2.24) is 5.32 Å². The fraction of sp³-hybridized carbons (Fsp3) is 0.571. The third-order valence-electron chi connectivity index (χ3n) is 3.87. The van der Waals surface area contributed by atoms with Gasteiger partial charge in [-0.2, -0.15) is 0 Å². The summed E-state index contributed by atoms with van der Waals surface area (Å²) in [7, 11) is 0. The molecule has 1 heterocycles. The molecule has 0 bridgehead atoms. The summed E-state index contributed by atoms with van der Waals surface area (Å²) in [5, 5.41) is 14.2. The van der Waals surface area contributed by atoms with Crippen LogP contribution in [0.3, 0.4) is 0 Å². The van der Waals surface area contributed by atoms with Crippen LogP contribution in [-0.2, 0) is 11.3 Å². The first-order valence-corrected chi connectivity index (χ1v) is 6.64. The third-order valence-corrected chi connectivity index (χ3v) is 3.87. The van der Waals surface area contributed by atoms with Crippen LogP contribution in [0.25, 0.3) is 0 Å². The summed E-state index contributed by atoms with van der Waals surface area (Å²) in [6.45, 7) is 6.29. The highest BCUT2D eigenvalue weighted by Gasteiger charge is 2.23. The van der Waals surface area contributed by atoms with E-state index < -0.39 is 0 Å². The Morgan fingerprint density at radius 3 is 2.95 bits per heavy atom. The fourth-order valence-corrected chi connectivity index (χ4v) is 2.50. The van der Waals surface area contributed by atoms with Crippen LogP contribution in [0.2, 0.25) is 0 Å². The van der Waals surface area contributed by atoms with Crippen LogP contribution in [0.4, 0.5) is 5.69 Å². The minimum Gasteiger partial charge on any atom is -0.378 e. The van der Waals surface area contributed by atoms with Gasteiger partial charge in [0.1, 0.15) is 0 Å². The van der Waals surface area contributed by atoms with Crippen molar-refractivity contribution in [2.24, 2.45) is 5.92 Å². The van der Waals surface area contributed by atoms with Gasteiger partial charge in [0.2, 0.25) is 0 Å². The van der Waals surface area contributed by atoms with Gasteiger partial charge in [0, 0.05) is 31.3 Å². The maximum absolute atomic E-state index is 10.9. The van der Waals surface area contributed by atoms with E-state index >= 15 is 0 Å². The van der Waals surface area contributed by atoms with Crippen molar-refractivity contribution >= 4 is 5.69 Å². The van der Waals surface area contributed by atoms with Gasteiger partial charge in [-0.1, -0.05) is 12.1 Å². The van der Waals surface area contributed by atoms with Crippen molar-refractivity contribution in [3.63, 3.8) is 0 Å². The van der Waals surface area contributed by atoms with E-state index in [0.29, 0.717) is 18.6 Å². The lowest BCUT2D eigenvalue weighted by atomic mass is 10.0. The van der Waals surface area contributed by atoms with Crippen LogP contribution in [0, 0.1) is 23.0 Å². The normalized spacial score (nSPS) is 22.6. The number of rotatable bonds is 5. The van der Waals surface area contributed by atoms with Crippen LogP contribution in [0.5, 0.6) is 0 Å². The summed E-state index contributed by atoms with van der Waals surface area (Å²) < 4.78 is 5.51. The molecule has 0 saturated carbocycles. The van der Waals surface area contributed by atoms with E-state index in [-0.39, 0.29) is 10.6 Å². The molecule has 2 atom stereocenters. The second-order valence-corrected chi connectivity index (χ2v) is 5.07. The molecule has 1 aromatic rings. The minimum absolute atomic E-state index is 0.192. The third kappa shape index (κ3) is 3.30. The highest BCUT2D eigenvalue weighted by Crippen LogP contribution is 2.22. The average Bonchev–Trinajstić information content (AvgIpc) is 2.77. The van der Waals surface area contributed by atoms with E-state index in [1.165, 1.54) is 0 Å². The summed E-state index contributed by atoms with van der Waals surface area (Å²) in [4.78, 5) is 10.5. The van der Waals surface area contributed by atoms with Crippen molar-refractivity contribution < 1.29 is 9.66 Å². The standard InChI is InChI=1S/C14H20N2O3/c1-10-12(4-3-5-14(10)16(17)18)8-15-9-13-6-7-19-11(13)2/h3-5,11,13,15H,6-9H2,1-2H3. The molecule has 5 heteroatoms. The zero-order valence-electron chi connectivity index (χ0n) is 11.4. The second-order valence-electron chi connectivity index (χ2n) is 5.07. The molecule has 5 nitrogen and oxygen atoms in total. The maximum Gasteiger partial charge on any atom is 0.272 e. The number of nitro groups is 1. The van der Waals surface area contributed by atoms with Crippen molar-refractivity contribution in [2.45, 2.75) is 32.9 Å². The van der Waals surface area contributed by atoms with Gasteiger partial charge in [0.25, 0.3) is 5.69 Å². The number of ether oxygens (including phenoxy) is 1. The first-order valence-electron chi connectivity index (χ1n) is 6.64. The average molecular weight is 264 g/mol. The molecule has 1 aliphatic rings. The number of nitro benzene ring substituents is 1. The molecule has 1 aliphatic heterocycles. The van der Waals surface area contributed by atoms with Gasteiger partial charge >= 0.3 is 0 Å². The zero-order valence-corrected chi connectivity index (χ0v) is 11.4. The van der Waals surface area contributed by atoms with Crippen LogP contribution in [0.15, 0.2) is 18.2 Å². The second kappa shape index (κ2) is 6.12. The summed E-state index contributed by atoms with van der Waals surface area (Å²) in [5.41, 5.74) is 1.92. The van der Waals surface area contributed by atoms with Gasteiger partial charge in [-0.15, -0.1) is 0 Å². The molecule has 19 heavy (non-hydrogen) atoms. The van der Waals surface area contributed by atoms with Crippen molar-refractivity contribution in [1.29, 1.82) is 0 Å². The fourth-order valence-electron chi connectivity index (χ4n) is 2.50. The van der Waals surface area contributed by atoms with Gasteiger partial charge in [-0.05, 0) is 31.7 Å². The molecule has 0 aliphatic carbocycles. The first kappa shape index (κ1) is 14.0. The molecule has 1 N–H and O–H groups in total. The molecular formula is C14H20N2O3. The van der Waals surface area contributed by atoms with E-state index in [9.17, 15) is 10.1 Å². The van der Waals surface area contributed by atoms with Crippen molar-refractivity contribution in [2.75, 3.05) is 13.2 Å². The highest BCUT2D eigenvalue weighted by atomic mass is 16.6. The lowest BCUT2D eigenvalue weighted by Gasteiger charge is -2.15. The van der Waals surface area contributed by atoms with Crippen molar-refractivity contribution in [3.8, 4) is 0 Å². The Labute approximate surface area is 113 Å². The topological polar surface area (TPSA) is 64.4 Å². The number of benzene rings is 1. The van der Waals surface area contributed by atoms with Gasteiger partial charge in [0.05, 0.1) is 11.0 Å². The Morgan fingerprint density at radius 1 is 1.53 bits per heavy atom. The van der Waals surface area contributed by atoms with Crippen LogP contribution < -0.4 is 5.32 Å². The Bertz CT molecular complexity index is 462. The highest BCUT2D eigenvalue weighted by molar-refractivity contribution is 5.44. The van der Waals surface area contributed by atoms with E-state index in [1.807, 2.05) is 6.07 Å². The lowest BCUT2D eigenvalue weighted by molar-refractivity contribution is -0.385. The number of nitrogens with zero attached hydrogens (tertiary/aromatic N) is 1. The Balaban J connectivity index is 1.92. The van der Waals surface area contributed by atoms with E-state index in [2.05, 4.69) is 12.2 Å². The van der Waals surface area contributed by atoms with E-state index in [0.717, 1.165) is 30.7 Å².